The SMILES string of the molecule is CC[NH+]1CC[NH+](CCOCCOc2ccccc2-c2ccccc2)CC1. The summed E-state index contributed by atoms with van der Waals surface area (Å²) < 4.78 is 11.8. The molecular weight excluding hydrogens is 324 g/mol. The molecule has 1 saturated heterocycles. The summed E-state index contributed by atoms with van der Waals surface area (Å²) in [4.78, 5) is 3.41. The highest BCUT2D eigenvalue weighted by Crippen LogP contribution is 2.29. The maximum absolute atomic E-state index is 5.98. The molecule has 1 aliphatic rings. The monoisotopic (exact) mass is 356 g/mol. The largest absolute Gasteiger partial charge is 0.491 e. The summed E-state index contributed by atoms with van der Waals surface area (Å²) >= 11 is 0. The van der Waals surface area contributed by atoms with Crippen molar-refractivity contribution in [1.29, 1.82) is 0 Å². The Morgan fingerprint density at radius 3 is 2.23 bits per heavy atom. The van der Waals surface area contributed by atoms with E-state index in [9.17, 15) is 0 Å². The van der Waals surface area contributed by atoms with Crippen LogP contribution in [-0.2, 0) is 4.74 Å². The van der Waals surface area contributed by atoms with Gasteiger partial charge in [-0.1, -0.05) is 48.5 Å². The van der Waals surface area contributed by atoms with Crippen molar-refractivity contribution in [3.63, 3.8) is 0 Å². The van der Waals surface area contributed by atoms with Gasteiger partial charge in [-0.15, -0.1) is 0 Å². The molecule has 4 nitrogen and oxygen atoms in total. The summed E-state index contributed by atoms with van der Waals surface area (Å²) in [5.41, 5.74) is 2.31. The number of likely N-dealkylation sites (N-methyl/N-ethyl adjacent to an activating group) is 1. The number of hydrogen-bond donors (Lipinski definition) is 2. The van der Waals surface area contributed by atoms with Crippen molar-refractivity contribution in [3.8, 4) is 16.9 Å². The molecule has 2 N–H and O–H groups in total. The van der Waals surface area contributed by atoms with Crippen LogP contribution >= 0.6 is 0 Å². The van der Waals surface area contributed by atoms with Gasteiger partial charge >= 0.3 is 0 Å². The second-order valence-electron chi connectivity index (χ2n) is 6.93. The highest BCUT2D eigenvalue weighted by Gasteiger charge is 2.20. The smallest absolute Gasteiger partial charge is 0.127 e. The molecule has 0 spiro atoms. The highest BCUT2D eigenvalue weighted by molar-refractivity contribution is 5.70. The summed E-state index contributed by atoms with van der Waals surface area (Å²) in [6.45, 7) is 11.8. The lowest BCUT2D eigenvalue weighted by atomic mass is 10.1. The van der Waals surface area contributed by atoms with Gasteiger partial charge in [0.05, 0.1) is 19.8 Å². The highest BCUT2D eigenvalue weighted by atomic mass is 16.5. The van der Waals surface area contributed by atoms with Gasteiger partial charge in [-0.05, 0) is 18.6 Å². The number of para-hydroxylation sites is 1. The maximum Gasteiger partial charge on any atom is 0.127 e. The summed E-state index contributed by atoms with van der Waals surface area (Å²) in [6, 6.07) is 18.6. The van der Waals surface area contributed by atoms with Gasteiger partial charge in [0.1, 0.15) is 45.1 Å². The summed E-state index contributed by atoms with van der Waals surface area (Å²) in [7, 11) is 0. The van der Waals surface area contributed by atoms with E-state index in [1.54, 1.807) is 9.80 Å². The van der Waals surface area contributed by atoms with Gasteiger partial charge < -0.3 is 19.3 Å². The minimum atomic E-state index is 0.590. The number of nitrogens with one attached hydrogen (secondary N) is 2. The molecule has 0 bridgehead atoms. The van der Waals surface area contributed by atoms with E-state index in [0.717, 1.165) is 24.5 Å². The van der Waals surface area contributed by atoms with Crippen molar-refractivity contribution in [2.45, 2.75) is 6.92 Å². The first-order chi connectivity index (χ1) is 12.9. The lowest BCUT2D eigenvalue weighted by Gasteiger charge is -2.28. The average Bonchev–Trinajstić information content (AvgIpc) is 2.72. The molecular formula is C22H32N2O2+2. The standard InChI is InChI=1S/C22H30N2O2/c1-2-23-12-14-24(15-13-23)16-17-25-18-19-26-22-11-7-6-10-21(22)20-8-4-3-5-9-20/h3-11H,2,12-19H2,1H3/p+2. The Morgan fingerprint density at radius 2 is 1.46 bits per heavy atom. The summed E-state index contributed by atoms with van der Waals surface area (Å²) in [5.74, 6) is 0.923. The summed E-state index contributed by atoms with van der Waals surface area (Å²) in [5, 5.41) is 0. The number of quaternary nitrogens is 2. The van der Waals surface area contributed by atoms with Crippen molar-refractivity contribution in [1.82, 2.24) is 0 Å². The minimum Gasteiger partial charge on any atom is -0.491 e. The van der Waals surface area contributed by atoms with E-state index in [0.29, 0.717) is 13.2 Å². The Morgan fingerprint density at radius 1 is 0.769 bits per heavy atom. The first-order valence-corrected chi connectivity index (χ1v) is 9.89. The second kappa shape index (κ2) is 10.3. The molecule has 1 heterocycles. The zero-order valence-corrected chi connectivity index (χ0v) is 15.9. The Kier molecular flexibility index (Phi) is 7.50. The molecule has 2 aromatic carbocycles. The fourth-order valence-corrected chi connectivity index (χ4v) is 3.54. The molecule has 2 aromatic rings. The molecule has 1 fully saturated rings. The first-order valence-electron chi connectivity index (χ1n) is 9.89. The topological polar surface area (TPSA) is 27.3 Å². The lowest BCUT2D eigenvalue weighted by molar-refractivity contribution is -1.01. The predicted molar refractivity (Wildman–Crippen MR) is 105 cm³/mol. The van der Waals surface area contributed by atoms with Crippen molar-refractivity contribution in [2.24, 2.45) is 0 Å². The van der Waals surface area contributed by atoms with Crippen LogP contribution in [0.15, 0.2) is 54.6 Å². The van der Waals surface area contributed by atoms with Gasteiger partial charge in [0, 0.05) is 5.56 Å². The molecule has 0 radical (unpaired) electrons. The van der Waals surface area contributed by atoms with Crippen molar-refractivity contribution < 1.29 is 19.3 Å². The van der Waals surface area contributed by atoms with Crippen LogP contribution in [0.3, 0.4) is 0 Å². The lowest BCUT2D eigenvalue weighted by Crippen LogP contribution is -3.28. The first kappa shape index (κ1) is 18.9. The molecule has 0 amide bonds. The zero-order valence-electron chi connectivity index (χ0n) is 15.9. The van der Waals surface area contributed by atoms with Crippen LogP contribution in [0, 0.1) is 0 Å². The van der Waals surface area contributed by atoms with E-state index in [1.165, 1.54) is 38.3 Å². The Labute approximate surface area is 157 Å². The van der Waals surface area contributed by atoms with Crippen LogP contribution in [0.1, 0.15) is 6.92 Å². The van der Waals surface area contributed by atoms with E-state index in [4.69, 9.17) is 9.47 Å². The van der Waals surface area contributed by atoms with Crippen LogP contribution in [0.2, 0.25) is 0 Å². The zero-order chi connectivity index (χ0) is 18.0. The van der Waals surface area contributed by atoms with Gasteiger partial charge in [0.25, 0.3) is 0 Å². The molecule has 0 aromatic heterocycles. The van der Waals surface area contributed by atoms with Crippen molar-refractivity contribution in [3.05, 3.63) is 54.6 Å². The van der Waals surface area contributed by atoms with Gasteiger partial charge in [0.15, 0.2) is 0 Å². The van der Waals surface area contributed by atoms with Crippen LogP contribution in [0.5, 0.6) is 5.75 Å². The van der Waals surface area contributed by atoms with Crippen molar-refractivity contribution in [2.75, 3.05) is 59.1 Å². The molecule has 140 valence electrons. The molecule has 0 unspecified atom stereocenters. The molecule has 26 heavy (non-hydrogen) atoms. The second-order valence-corrected chi connectivity index (χ2v) is 6.93. The number of benzene rings is 2. The molecule has 3 rings (SSSR count). The third-order valence-corrected chi connectivity index (χ3v) is 5.22. The van der Waals surface area contributed by atoms with E-state index >= 15 is 0 Å². The van der Waals surface area contributed by atoms with Crippen molar-refractivity contribution >= 4 is 0 Å². The Balaban J connectivity index is 1.36. The number of hydrogen-bond acceptors (Lipinski definition) is 2. The summed E-state index contributed by atoms with van der Waals surface area (Å²) in [6.07, 6.45) is 0. The molecule has 4 heteroatoms. The van der Waals surface area contributed by atoms with Crippen LogP contribution < -0.4 is 14.5 Å². The molecule has 0 atom stereocenters. The van der Waals surface area contributed by atoms with Gasteiger partial charge in [-0.25, -0.2) is 0 Å². The van der Waals surface area contributed by atoms with Crippen LogP contribution in [0.4, 0.5) is 0 Å². The van der Waals surface area contributed by atoms with E-state index in [2.05, 4.69) is 43.3 Å². The molecule has 1 aliphatic heterocycles. The molecule has 0 saturated carbocycles. The fraction of sp³-hybridized carbons (Fsp3) is 0.455. The number of ether oxygens (including phenoxy) is 2. The Hall–Kier alpha value is -1.88. The van der Waals surface area contributed by atoms with E-state index in [1.807, 2.05) is 18.2 Å². The van der Waals surface area contributed by atoms with Gasteiger partial charge in [-0.2, -0.15) is 0 Å². The maximum atomic E-state index is 5.98. The van der Waals surface area contributed by atoms with Crippen LogP contribution in [0.25, 0.3) is 11.1 Å². The van der Waals surface area contributed by atoms with Gasteiger partial charge in [-0.3, -0.25) is 0 Å². The van der Waals surface area contributed by atoms with Crippen LogP contribution in [-0.4, -0.2) is 59.1 Å². The Bertz CT molecular complexity index is 640. The number of rotatable bonds is 9. The average molecular weight is 357 g/mol. The predicted octanol–water partition coefficient (Wildman–Crippen LogP) is 0.552. The van der Waals surface area contributed by atoms with E-state index < -0.39 is 0 Å². The molecule has 0 aliphatic carbocycles. The number of piperazine rings is 1. The quantitative estimate of drug-likeness (QED) is 0.642. The third-order valence-electron chi connectivity index (χ3n) is 5.22. The fourth-order valence-electron chi connectivity index (χ4n) is 3.54. The van der Waals surface area contributed by atoms with E-state index in [-0.39, 0.29) is 0 Å². The van der Waals surface area contributed by atoms with Gasteiger partial charge in [0.2, 0.25) is 0 Å². The minimum absolute atomic E-state index is 0.590. The normalized spacial score (nSPS) is 20.0. The third kappa shape index (κ3) is 5.56.